The third-order valence-corrected chi connectivity index (χ3v) is 3.24. The van der Waals surface area contributed by atoms with Crippen molar-refractivity contribution in [2.24, 2.45) is 0 Å². The van der Waals surface area contributed by atoms with E-state index in [1.54, 1.807) is 38.1 Å². The number of nitrogens with zero attached hydrogens (tertiary/aromatic N) is 2. The fraction of sp³-hybridized carbons (Fsp3) is 0.400. The van der Waals surface area contributed by atoms with Crippen molar-refractivity contribution in [3.05, 3.63) is 24.3 Å². The van der Waals surface area contributed by atoms with Crippen LogP contribution < -0.4 is 9.47 Å². The van der Waals surface area contributed by atoms with Gasteiger partial charge in [-0.15, -0.1) is 0 Å². The molecule has 118 valence electrons. The molecular formula is C15H18N2O5. The monoisotopic (exact) mass is 306 g/mol. The van der Waals surface area contributed by atoms with Crippen molar-refractivity contribution >= 4 is 17.8 Å². The first-order valence-corrected chi connectivity index (χ1v) is 6.92. The smallest absolute Gasteiger partial charge is 0.334 e. The predicted molar refractivity (Wildman–Crippen MR) is 77.6 cm³/mol. The van der Waals surface area contributed by atoms with Gasteiger partial charge in [0.15, 0.2) is 11.5 Å². The molecule has 0 aliphatic carbocycles. The highest BCUT2D eigenvalue weighted by Crippen LogP contribution is 2.25. The Kier molecular flexibility index (Phi) is 4.65. The number of para-hydroxylation sites is 2. The Morgan fingerprint density at radius 1 is 1.05 bits per heavy atom. The summed E-state index contributed by atoms with van der Waals surface area (Å²) in [6.45, 7) is 3.44. The molecule has 4 amide bonds. The summed E-state index contributed by atoms with van der Waals surface area (Å²) in [7, 11) is 1.52. The molecule has 0 N–H and O–H groups in total. The van der Waals surface area contributed by atoms with E-state index in [0.29, 0.717) is 11.5 Å². The quantitative estimate of drug-likeness (QED) is 0.584. The van der Waals surface area contributed by atoms with E-state index >= 15 is 0 Å². The fourth-order valence-corrected chi connectivity index (χ4v) is 2.16. The molecule has 1 aliphatic heterocycles. The van der Waals surface area contributed by atoms with Crippen LogP contribution in [0, 0.1) is 0 Å². The Hall–Kier alpha value is -2.57. The fourth-order valence-electron chi connectivity index (χ4n) is 2.16. The molecule has 0 radical (unpaired) electrons. The van der Waals surface area contributed by atoms with Gasteiger partial charge >= 0.3 is 17.8 Å². The molecule has 1 aromatic carbocycles. The number of hydrogen-bond acceptors (Lipinski definition) is 5. The van der Waals surface area contributed by atoms with Gasteiger partial charge < -0.3 is 9.47 Å². The molecule has 2 rings (SSSR count). The van der Waals surface area contributed by atoms with Crippen LogP contribution in [-0.4, -0.2) is 53.9 Å². The summed E-state index contributed by atoms with van der Waals surface area (Å²) in [5.41, 5.74) is 0. The molecule has 1 fully saturated rings. The Morgan fingerprint density at radius 2 is 1.68 bits per heavy atom. The normalized spacial score (nSPS) is 15.0. The number of hydrogen-bond donors (Lipinski definition) is 0. The van der Waals surface area contributed by atoms with Gasteiger partial charge in [0.25, 0.3) is 0 Å². The molecule has 0 spiro atoms. The van der Waals surface area contributed by atoms with Crippen molar-refractivity contribution in [1.29, 1.82) is 0 Å². The van der Waals surface area contributed by atoms with E-state index in [1.807, 2.05) is 0 Å². The lowest BCUT2D eigenvalue weighted by Gasteiger charge is -2.18. The number of methoxy groups -OCH3 is 1. The van der Waals surface area contributed by atoms with Gasteiger partial charge in [-0.1, -0.05) is 12.1 Å². The van der Waals surface area contributed by atoms with Crippen LogP contribution in [0.2, 0.25) is 0 Å². The van der Waals surface area contributed by atoms with Crippen LogP contribution in [0.5, 0.6) is 11.5 Å². The standard InChI is InChI=1S/C15H18N2O5/c1-10(2)17-14(19)13(18)16(15(17)20)8-9-22-12-7-5-4-6-11(12)21-3/h4-7,10H,8-9H2,1-3H3. The van der Waals surface area contributed by atoms with Crippen LogP contribution in [0.25, 0.3) is 0 Å². The summed E-state index contributed by atoms with van der Waals surface area (Å²) in [5, 5.41) is 0. The molecule has 1 saturated heterocycles. The van der Waals surface area contributed by atoms with Crippen molar-refractivity contribution in [3.63, 3.8) is 0 Å². The second kappa shape index (κ2) is 6.46. The number of carbonyl (C=O) groups excluding carboxylic acids is 3. The number of ether oxygens (including phenoxy) is 2. The molecule has 0 atom stereocenters. The summed E-state index contributed by atoms with van der Waals surface area (Å²) in [6, 6.07) is 6.09. The maximum atomic E-state index is 12.1. The lowest BCUT2D eigenvalue weighted by Crippen LogP contribution is -2.39. The Morgan fingerprint density at radius 3 is 2.23 bits per heavy atom. The first-order valence-electron chi connectivity index (χ1n) is 6.92. The highest BCUT2D eigenvalue weighted by molar-refractivity contribution is 6.44. The maximum Gasteiger partial charge on any atom is 0.334 e. The maximum absolute atomic E-state index is 12.1. The van der Waals surface area contributed by atoms with E-state index in [1.165, 1.54) is 7.11 Å². The molecule has 0 unspecified atom stereocenters. The third kappa shape index (κ3) is 2.88. The minimum atomic E-state index is -0.817. The second-order valence-electron chi connectivity index (χ2n) is 5.01. The molecule has 0 saturated carbocycles. The van der Waals surface area contributed by atoms with Gasteiger partial charge in [-0.2, -0.15) is 0 Å². The third-order valence-electron chi connectivity index (χ3n) is 3.24. The highest BCUT2D eigenvalue weighted by atomic mass is 16.5. The topological polar surface area (TPSA) is 76.2 Å². The van der Waals surface area contributed by atoms with E-state index in [4.69, 9.17) is 9.47 Å². The van der Waals surface area contributed by atoms with Gasteiger partial charge in [0.05, 0.1) is 13.7 Å². The van der Waals surface area contributed by atoms with Gasteiger partial charge in [0.2, 0.25) is 0 Å². The first kappa shape index (κ1) is 15.8. The van der Waals surface area contributed by atoms with E-state index in [0.717, 1.165) is 9.80 Å². The van der Waals surface area contributed by atoms with Crippen molar-refractivity contribution in [2.45, 2.75) is 19.9 Å². The SMILES string of the molecule is COc1ccccc1OCCN1C(=O)C(=O)N(C(C)C)C1=O. The number of urea groups is 1. The largest absolute Gasteiger partial charge is 0.493 e. The summed E-state index contributed by atoms with van der Waals surface area (Å²) >= 11 is 0. The average Bonchev–Trinajstić information content (AvgIpc) is 2.71. The minimum Gasteiger partial charge on any atom is -0.493 e. The van der Waals surface area contributed by atoms with Crippen molar-refractivity contribution < 1.29 is 23.9 Å². The minimum absolute atomic E-state index is 0.00464. The molecule has 1 heterocycles. The predicted octanol–water partition coefficient (Wildman–Crippen LogP) is 1.27. The lowest BCUT2D eigenvalue weighted by molar-refractivity contribution is -0.143. The molecule has 0 bridgehead atoms. The number of amides is 4. The van der Waals surface area contributed by atoms with Gasteiger partial charge in [0, 0.05) is 6.04 Å². The van der Waals surface area contributed by atoms with Crippen molar-refractivity contribution in [2.75, 3.05) is 20.3 Å². The van der Waals surface area contributed by atoms with Crippen LogP contribution >= 0.6 is 0 Å². The lowest BCUT2D eigenvalue weighted by atomic mass is 10.3. The van der Waals surface area contributed by atoms with Crippen molar-refractivity contribution in [3.8, 4) is 11.5 Å². The average molecular weight is 306 g/mol. The van der Waals surface area contributed by atoms with E-state index < -0.39 is 17.8 Å². The number of benzene rings is 1. The van der Waals surface area contributed by atoms with Gasteiger partial charge in [-0.05, 0) is 26.0 Å². The van der Waals surface area contributed by atoms with Gasteiger partial charge in [0.1, 0.15) is 6.61 Å². The van der Waals surface area contributed by atoms with E-state index in [2.05, 4.69) is 0 Å². The van der Waals surface area contributed by atoms with E-state index in [9.17, 15) is 14.4 Å². The molecule has 7 nitrogen and oxygen atoms in total. The Balaban J connectivity index is 1.99. The van der Waals surface area contributed by atoms with E-state index in [-0.39, 0.29) is 19.2 Å². The Labute approximate surface area is 128 Å². The van der Waals surface area contributed by atoms with Crippen LogP contribution in [0.3, 0.4) is 0 Å². The van der Waals surface area contributed by atoms with Crippen LogP contribution in [-0.2, 0) is 9.59 Å². The zero-order valence-electron chi connectivity index (χ0n) is 12.7. The number of carbonyl (C=O) groups is 3. The number of rotatable bonds is 6. The van der Waals surface area contributed by atoms with Gasteiger partial charge in [-0.3, -0.25) is 19.4 Å². The summed E-state index contributed by atoms with van der Waals surface area (Å²) in [4.78, 5) is 37.5. The molecule has 1 aromatic rings. The zero-order chi connectivity index (χ0) is 16.3. The molecule has 22 heavy (non-hydrogen) atoms. The van der Waals surface area contributed by atoms with Crippen molar-refractivity contribution in [1.82, 2.24) is 9.80 Å². The van der Waals surface area contributed by atoms with Crippen LogP contribution in [0.15, 0.2) is 24.3 Å². The summed E-state index contributed by atoms with van der Waals surface area (Å²) < 4.78 is 10.7. The zero-order valence-corrected chi connectivity index (χ0v) is 12.7. The Bertz CT molecular complexity index is 599. The van der Waals surface area contributed by atoms with Gasteiger partial charge in [-0.25, -0.2) is 4.79 Å². The molecule has 0 aromatic heterocycles. The molecule has 1 aliphatic rings. The summed E-state index contributed by atoms with van der Waals surface area (Å²) in [5.74, 6) is -0.544. The second-order valence-corrected chi connectivity index (χ2v) is 5.01. The number of imide groups is 2. The van der Waals surface area contributed by atoms with Crippen LogP contribution in [0.4, 0.5) is 4.79 Å². The highest BCUT2D eigenvalue weighted by Gasteiger charge is 2.45. The van der Waals surface area contributed by atoms with Crippen LogP contribution in [0.1, 0.15) is 13.8 Å². The summed E-state index contributed by atoms with van der Waals surface area (Å²) in [6.07, 6.45) is 0. The molecule has 7 heteroatoms. The first-order chi connectivity index (χ1) is 10.5. The molecular weight excluding hydrogens is 288 g/mol.